The standard InChI is InChI=1S/C29H23N3O3S/c33-27(30-21-15-17-24(18-16-21)35-23-11-5-2-6-12-23)19-20-36-29-31-26-14-8-7-13-25(26)28(34)32(29)22-9-3-1-4-10-22/h1-18H,19-20H2,(H,30,33). The first-order valence-corrected chi connectivity index (χ1v) is 12.5. The molecule has 0 bridgehead atoms. The number of carbonyl (C=O) groups excluding carboxylic acids is 1. The molecule has 0 aliphatic heterocycles. The minimum absolute atomic E-state index is 0.117. The molecule has 36 heavy (non-hydrogen) atoms. The molecule has 0 aliphatic carbocycles. The summed E-state index contributed by atoms with van der Waals surface area (Å²) in [5.41, 5.74) is 1.94. The SMILES string of the molecule is O=C(CCSc1nc2ccccc2c(=O)n1-c1ccccc1)Nc1ccc(Oc2ccccc2)cc1. The molecule has 5 rings (SSSR count). The fourth-order valence-electron chi connectivity index (χ4n) is 3.70. The van der Waals surface area contributed by atoms with Crippen molar-refractivity contribution in [2.45, 2.75) is 11.6 Å². The van der Waals surface area contributed by atoms with Crippen LogP contribution >= 0.6 is 11.8 Å². The van der Waals surface area contributed by atoms with Gasteiger partial charge in [-0.05, 0) is 60.7 Å². The van der Waals surface area contributed by atoms with E-state index in [1.54, 1.807) is 22.8 Å². The molecule has 0 spiro atoms. The van der Waals surface area contributed by atoms with Gasteiger partial charge in [0.1, 0.15) is 11.5 Å². The van der Waals surface area contributed by atoms with Gasteiger partial charge in [-0.25, -0.2) is 4.98 Å². The zero-order chi connectivity index (χ0) is 24.7. The molecule has 178 valence electrons. The van der Waals surface area contributed by atoms with Crippen LogP contribution in [-0.4, -0.2) is 21.2 Å². The number of benzene rings is 4. The van der Waals surface area contributed by atoms with Gasteiger partial charge in [0.25, 0.3) is 5.56 Å². The van der Waals surface area contributed by atoms with Crippen LogP contribution in [-0.2, 0) is 4.79 Å². The van der Waals surface area contributed by atoms with E-state index >= 15 is 0 Å². The molecule has 4 aromatic carbocycles. The van der Waals surface area contributed by atoms with Crippen LogP contribution in [0.1, 0.15) is 6.42 Å². The molecule has 0 atom stereocenters. The lowest BCUT2D eigenvalue weighted by atomic mass is 10.2. The first-order chi connectivity index (χ1) is 17.7. The van der Waals surface area contributed by atoms with Crippen LogP contribution in [0.4, 0.5) is 5.69 Å². The van der Waals surface area contributed by atoms with Crippen LogP contribution in [0.25, 0.3) is 16.6 Å². The predicted molar refractivity (Wildman–Crippen MR) is 144 cm³/mol. The first-order valence-electron chi connectivity index (χ1n) is 11.5. The third-order valence-electron chi connectivity index (χ3n) is 5.44. The average Bonchev–Trinajstić information content (AvgIpc) is 2.91. The second-order valence-electron chi connectivity index (χ2n) is 7.97. The Balaban J connectivity index is 1.25. The van der Waals surface area contributed by atoms with Gasteiger partial charge in [0.2, 0.25) is 5.91 Å². The lowest BCUT2D eigenvalue weighted by Gasteiger charge is -2.13. The van der Waals surface area contributed by atoms with Gasteiger partial charge in [0.15, 0.2) is 5.16 Å². The van der Waals surface area contributed by atoms with Crippen molar-refractivity contribution in [2.24, 2.45) is 0 Å². The maximum Gasteiger partial charge on any atom is 0.266 e. The summed E-state index contributed by atoms with van der Waals surface area (Å²) >= 11 is 1.38. The summed E-state index contributed by atoms with van der Waals surface area (Å²) in [6, 6.07) is 33.5. The fraction of sp³-hybridized carbons (Fsp3) is 0.0690. The lowest BCUT2D eigenvalue weighted by molar-refractivity contribution is -0.115. The van der Waals surface area contributed by atoms with Crippen molar-refractivity contribution in [1.82, 2.24) is 9.55 Å². The Hall–Kier alpha value is -4.36. The van der Waals surface area contributed by atoms with Gasteiger partial charge >= 0.3 is 0 Å². The van der Waals surface area contributed by atoms with Gasteiger partial charge in [-0.1, -0.05) is 60.3 Å². The van der Waals surface area contributed by atoms with Crippen molar-refractivity contribution in [1.29, 1.82) is 0 Å². The molecular formula is C29H23N3O3S. The molecule has 6 nitrogen and oxygen atoms in total. The van der Waals surface area contributed by atoms with Crippen LogP contribution in [0.15, 0.2) is 119 Å². The Morgan fingerprint density at radius 2 is 1.44 bits per heavy atom. The van der Waals surface area contributed by atoms with E-state index in [1.165, 1.54) is 11.8 Å². The number of rotatable bonds is 8. The van der Waals surface area contributed by atoms with E-state index in [9.17, 15) is 9.59 Å². The maximum atomic E-state index is 13.3. The molecule has 1 amide bonds. The zero-order valence-corrected chi connectivity index (χ0v) is 20.2. The molecule has 0 radical (unpaired) electrons. The third kappa shape index (κ3) is 5.47. The molecule has 1 heterocycles. The Morgan fingerprint density at radius 3 is 2.19 bits per heavy atom. The lowest BCUT2D eigenvalue weighted by Crippen LogP contribution is -2.22. The molecule has 5 aromatic rings. The molecule has 0 aliphatic rings. The maximum absolute atomic E-state index is 13.3. The molecule has 0 fully saturated rings. The number of ether oxygens (including phenoxy) is 1. The summed E-state index contributed by atoms with van der Waals surface area (Å²) < 4.78 is 7.40. The molecule has 0 saturated carbocycles. The summed E-state index contributed by atoms with van der Waals surface area (Å²) in [5.74, 6) is 1.80. The Bertz CT molecular complexity index is 1540. The van der Waals surface area contributed by atoms with Crippen LogP contribution in [0, 0.1) is 0 Å². The summed E-state index contributed by atoms with van der Waals surface area (Å²) in [6.45, 7) is 0. The Morgan fingerprint density at radius 1 is 0.806 bits per heavy atom. The van der Waals surface area contributed by atoms with Gasteiger partial charge in [-0.15, -0.1) is 0 Å². The van der Waals surface area contributed by atoms with E-state index in [-0.39, 0.29) is 17.9 Å². The van der Waals surface area contributed by atoms with Crippen molar-refractivity contribution in [3.05, 3.63) is 120 Å². The third-order valence-corrected chi connectivity index (χ3v) is 6.38. The number of aromatic nitrogens is 2. The number of carbonyl (C=O) groups is 1. The highest BCUT2D eigenvalue weighted by molar-refractivity contribution is 7.99. The second kappa shape index (κ2) is 10.9. The second-order valence-corrected chi connectivity index (χ2v) is 9.04. The monoisotopic (exact) mass is 493 g/mol. The van der Waals surface area contributed by atoms with E-state index in [0.717, 1.165) is 11.4 Å². The molecular weight excluding hydrogens is 470 g/mol. The highest BCUT2D eigenvalue weighted by Gasteiger charge is 2.14. The number of nitrogens with zero attached hydrogens (tertiary/aromatic N) is 2. The summed E-state index contributed by atoms with van der Waals surface area (Å²) in [6.07, 6.45) is 0.268. The number of nitrogens with one attached hydrogen (secondary N) is 1. The van der Waals surface area contributed by atoms with Crippen LogP contribution in [0.5, 0.6) is 11.5 Å². The largest absolute Gasteiger partial charge is 0.457 e. The summed E-state index contributed by atoms with van der Waals surface area (Å²) in [7, 11) is 0. The number of fused-ring (bicyclic) bond motifs is 1. The van der Waals surface area contributed by atoms with Gasteiger partial charge in [-0.2, -0.15) is 0 Å². The van der Waals surface area contributed by atoms with Gasteiger partial charge in [0, 0.05) is 17.9 Å². The number of thioether (sulfide) groups is 1. The Labute approximate surface area is 212 Å². The van der Waals surface area contributed by atoms with Gasteiger partial charge in [0.05, 0.1) is 16.6 Å². The van der Waals surface area contributed by atoms with Crippen molar-refractivity contribution in [3.63, 3.8) is 0 Å². The first kappa shape index (κ1) is 23.4. The minimum Gasteiger partial charge on any atom is -0.457 e. The molecule has 1 N–H and O–H groups in total. The normalized spacial score (nSPS) is 10.8. The molecule has 7 heteroatoms. The topological polar surface area (TPSA) is 73.2 Å². The highest BCUT2D eigenvalue weighted by atomic mass is 32.2. The van der Waals surface area contributed by atoms with Crippen LogP contribution < -0.4 is 15.6 Å². The predicted octanol–water partition coefficient (Wildman–Crippen LogP) is 6.30. The smallest absolute Gasteiger partial charge is 0.266 e. The van der Waals surface area contributed by atoms with E-state index < -0.39 is 0 Å². The van der Waals surface area contributed by atoms with Gasteiger partial charge < -0.3 is 10.1 Å². The van der Waals surface area contributed by atoms with E-state index in [0.29, 0.717) is 33.2 Å². The fourth-order valence-corrected chi connectivity index (χ4v) is 4.65. The summed E-state index contributed by atoms with van der Waals surface area (Å²) in [4.78, 5) is 30.5. The van der Waals surface area contributed by atoms with E-state index in [4.69, 9.17) is 9.72 Å². The van der Waals surface area contributed by atoms with Crippen LogP contribution in [0.3, 0.4) is 0 Å². The average molecular weight is 494 g/mol. The molecule has 0 saturated heterocycles. The van der Waals surface area contributed by atoms with Crippen LogP contribution in [0.2, 0.25) is 0 Å². The van der Waals surface area contributed by atoms with Crippen molar-refractivity contribution >= 4 is 34.3 Å². The molecule has 0 unspecified atom stereocenters. The van der Waals surface area contributed by atoms with Crippen molar-refractivity contribution in [3.8, 4) is 17.2 Å². The summed E-state index contributed by atoms with van der Waals surface area (Å²) in [5, 5.41) is 4.02. The number of para-hydroxylation sites is 3. The molecule has 1 aromatic heterocycles. The van der Waals surface area contributed by atoms with Crippen molar-refractivity contribution in [2.75, 3.05) is 11.1 Å². The number of hydrogen-bond donors (Lipinski definition) is 1. The van der Waals surface area contributed by atoms with E-state index in [2.05, 4.69) is 5.32 Å². The zero-order valence-electron chi connectivity index (χ0n) is 19.3. The van der Waals surface area contributed by atoms with E-state index in [1.807, 2.05) is 91.0 Å². The highest BCUT2D eigenvalue weighted by Crippen LogP contribution is 2.24. The quantitative estimate of drug-likeness (QED) is 0.203. The number of anilines is 1. The number of hydrogen-bond acceptors (Lipinski definition) is 5. The van der Waals surface area contributed by atoms with Crippen molar-refractivity contribution < 1.29 is 9.53 Å². The number of amides is 1. The Kier molecular flexibility index (Phi) is 7.10. The van der Waals surface area contributed by atoms with Gasteiger partial charge in [-0.3, -0.25) is 14.2 Å². The minimum atomic E-state index is -0.128.